The van der Waals surface area contributed by atoms with Crippen LogP contribution in [0.25, 0.3) is 0 Å². The summed E-state index contributed by atoms with van der Waals surface area (Å²) in [4.78, 5) is 12.5. The van der Waals surface area contributed by atoms with E-state index in [-0.39, 0.29) is 12.0 Å². The molecule has 1 heterocycles. The summed E-state index contributed by atoms with van der Waals surface area (Å²) in [5, 5.41) is 3.67. The molecule has 0 radical (unpaired) electrons. The fraction of sp³-hybridized carbons (Fsp3) is 0.611. The first-order valence-corrected chi connectivity index (χ1v) is 8.08. The molecule has 1 fully saturated rings. The van der Waals surface area contributed by atoms with Crippen molar-refractivity contribution >= 4 is 11.7 Å². The van der Waals surface area contributed by atoms with Crippen LogP contribution in [0.2, 0.25) is 0 Å². The summed E-state index contributed by atoms with van der Waals surface area (Å²) in [7, 11) is 1.51. The first-order chi connectivity index (χ1) is 10.1. The van der Waals surface area contributed by atoms with Crippen LogP contribution in [0.1, 0.15) is 44.6 Å². The number of carbonyl (C=O) groups is 1. The number of ether oxygens (including phenoxy) is 1. The van der Waals surface area contributed by atoms with Crippen LogP contribution in [0.5, 0.6) is 0 Å². The second-order valence-electron chi connectivity index (χ2n) is 6.76. The average molecular weight is 287 g/mol. The van der Waals surface area contributed by atoms with Gasteiger partial charge in [-0.2, -0.15) is 0 Å². The number of benzene rings is 1. The molecule has 3 nitrogen and oxygen atoms in total. The van der Waals surface area contributed by atoms with E-state index in [1.165, 1.54) is 50.5 Å². The number of esters is 1. The van der Waals surface area contributed by atoms with Gasteiger partial charge >= 0.3 is 5.97 Å². The van der Waals surface area contributed by atoms with E-state index >= 15 is 0 Å². The van der Waals surface area contributed by atoms with Crippen LogP contribution in [0, 0.1) is 11.3 Å². The third-order valence-electron chi connectivity index (χ3n) is 5.35. The highest BCUT2D eigenvalue weighted by Crippen LogP contribution is 2.44. The Hall–Kier alpha value is -1.51. The molecule has 1 aliphatic carbocycles. The standard InChI is InChI=1S/C18H25NO2/c1-18(17(20)21-2)12-14-10-6-7-11-15(14)19-16(18)13-8-4-3-5-9-13/h6-7,10-11,13,16,19H,3-5,8-9,12H2,1-2H3/t16-,18+/m1/s1. The molecule has 0 bridgehead atoms. The molecule has 1 aromatic rings. The van der Waals surface area contributed by atoms with Crippen molar-refractivity contribution in [2.75, 3.05) is 12.4 Å². The quantitative estimate of drug-likeness (QED) is 0.841. The van der Waals surface area contributed by atoms with Crippen LogP contribution < -0.4 is 5.32 Å². The molecule has 2 aliphatic rings. The molecule has 3 heteroatoms. The molecule has 1 aromatic carbocycles. The summed E-state index contributed by atoms with van der Waals surface area (Å²) >= 11 is 0. The van der Waals surface area contributed by atoms with Crippen LogP contribution >= 0.6 is 0 Å². The zero-order chi connectivity index (χ0) is 14.9. The lowest BCUT2D eigenvalue weighted by atomic mass is 9.66. The van der Waals surface area contributed by atoms with Gasteiger partial charge in [-0.1, -0.05) is 37.5 Å². The summed E-state index contributed by atoms with van der Waals surface area (Å²) in [5.74, 6) is 0.483. The van der Waals surface area contributed by atoms with Gasteiger partial charge in [-0.25, -0.2) is 0 Å². The average Bonchev–Trinajstić information content (AvgIpc) is 2.54. The van der Waals surface area contributed by atoms with Gasteiger partial charge in [0.2, 0.25) is 0 Å². The third kappa shape index (κ3) is 2.54. The third-order valence-corrected chi connectivity index (χ3v) is 5.35. The van der Waals surface area contributed by atoms with Gasteiger partial charge in [0.1, 0.15) is 0 Å². The largest absolute Gasteiger partial charge is 0.469 e. The second-order valence-corrected chi connectivity index (χ2v) is 6.76. The molecule has 0 aromatic heterocycles. The van der Waals surface area contributed by atoms with E-state index in [1.807, 2.05) is 6.07 Å². The monoisotopic (exact) mass is 287 g/mol. The maximum absolute atomic E-state index is 12.5. The molecule has 21 heavy (non-hydrogen) atoms. The summed E-state index contributed by atoms with van der Waals surface area (Å²) in [5.41, 5.74) is 1.94. The van der Waals surface area contributed by atoms with Crippen molar-refractivity contribution in [3.8, 4) is 0 Å². The van der Waals surface area contributed by atoms with E-state index < -0.39 is 5.41 Å². The Balaban J connectivity index is 1.96. The van der Waals surface area contributed by atoms with Crippen LogP contribution in [-0.2, 0) is 16.0 Å². The lowest BCUT2D eigenvalue weighted by Crippen LogP contribution is -2.53. The van der Waals surface area contributed by atoms with E-state index in [2.05, 4.69) is 30.4 Å². The van der Waals surface area contributed by atoms with Crippen molar-refractivity contribution in [2.24, 2.45) is 11.3 Å². The van der Waals surface area contributed by atoms with Crippen molar-refractivity contribution in [2.45, 2.75) is 51.5 Å². The number of para-hydroxylation sites is 1. The van der Waals surface area contributed by atoms with Gasteiger partial charge in [-0.05, 0) is 43.7 Å². The molecule has 1 aliphatic heterocycles. The Morgan fingerprint density at radius 2 is 1.95 bits per heavy atom. The Labute approximate surface area is 127 Å². The topological polar surface area (TPSA) is 38.3 Å². The number of fused-ring (bicyclic) bond motifs is 1. The molecule has 1 saturated carbocycles. The van der Waals surface area contributed by atoms with Crippen LogP contribution in [-0.4, -0.2) is 19.1 Å². The van der Waals surface area contributed by atoms with E-state index in [0.29, 0.717) is 5.92 Å². The fourth-order valence-corrected chi connectivity index (χ4v) is 4.19. The molecular formula is C18H25NO2. The molecule has 114 valence electrons. The zero-order valence-electron chi connectivity index (χ0n) is 13.0. The summed E-state index contributed by atoms with van der Waals surface area (Å²) in [6.45, 7) is 2.07. The van der Waals surface area contributed by atoms with Gasteiger partial charge in [0.25, 0.3) is 0 Å². The number of hydrogen-bond acceptors (Lipinski definition) is 3. The van der Waals surface area contributed by atoms with E-state index in [1.54, 1.807) is 0 Å². The normalized spacial score (nSPS) is 29.3. The predicted octanol–water partition coefficient (Wildman–Crippen LogP) is 3.78. The first-order valence-electron chi connectivity index (χ1n) is 8.08. The number of carbonyl (C=O) groups excluding carboxylic acids is 1. The molecular weight excluding hydrogens is 262 g/mol. The van der Waals surface area contributed by atoms with Gasteiger partial charge in [0, 0.05) is 11.7 Å². The van der Waals surface area contributed by atoms with Gasteiger partial charge < -0.3 is 10.1 Å². The van der Waals surface area contributed by atoms with Gasteiger partial charge in [-0.3, -0.25) is 4.79 Å². The highest BCUT2D eigenvalue weighted by molar-refractivity contribution is 5.80. The van der Waals surface area contributed by atoms with Crippen LogP contribution in [0.3, 0.4) is 0 Å². The maximum Gasteiger partial charge on any atom is 0.313 e. The van der Waals surface area contributed by atoms with Crippen molar-refractivity contribution < 1.29 is 9.53 Å². The first kappa shape index (κ1) is 14.4. The maximum atomic E-state index is 12.5. The lowest BCUT2D eigenvalue weighted by molar-refractivity contribution is -0.154. The second kappa shape index (κ2) is 5.70. The summed E-state index contributed by atoms with van der Waals surface area (Å²) in [6, 6.07) is 8.52. The van der Waals surface area contributed by atoms with Crippen molar-refractivity contribution in [3.05, 3.63) is 29.8 Å². The van der Waals surface area contributed by atoms with E-state index in [9.17, 15) is 4.79 Å². The Kier molecular flexibility index (Phi) is 3.92. The molecule has 0 unspecified atom stereocenters. The van der Waals surface area contributed by atoms with Gasteiger partial charge in [0.05, 0.1) is 12.5 Å². The van der Waals surface area contributed by atoms with E-state index in [0.717, 1.165) is 6.42 Å². The minimum absolute atomic E-state index is 0.0833. The SMILES string of the molecule is COC(=O)[C@@]1(C)Cc2ccccc2N[C@@H]1C1CCCCC1. The fourth-order valence-electron chi connectivity index (χ4n) is 4.19. The number of anilines is 1. The van der Waals surface area contributed by atoms with Crippen LogP contribution in [0.15, 0.2) is 24.3 Å². The smallest absolute Gasteiger partial charge is 0.313 e. The lowest BCUT2D eigenvalue weighted by Gasteiger charge is -2.46. The van der Waals surface area contributed by atoms with Gasteiger partial charge in [-0.15, -0.1) is 0 Å². The van der Waals surface area contributed by atoms with Crippen molar-refractivity contribution in [3.63, 3.8) is 0 Å². The highest BCUT2D eigenvalue weighted by atomic mass is 16.5. The summed E-state index contributed by atoms with van der Waals surface area (Å²) in [6.07, 6.45) is 7.08. The Morgan fingerprint density at radius 1 is 1.24 bits per heavy atom. The predicted molar refractivity (Wildman–Crippen MR) is 84.3 cm³/mol. The number of nitrogens with one attached hydrogen (secondary N) is 1. The van der Waals surface area contributed by atoms with Crippen molar-refractivity contribution in [1.82, 2.24) is 0 Å². The molecule has 0 saturated heterocycles. The molecule has 3 rings (SSSR count). The van der Waals surface area contributed by atoms with E-state index in [4.69, 9.17) is 4.74 Å². The molecule has 0 amide bonds. The minimum atomic E-state index is -0.467. The Bertz CT molecular complexity index is 522. The highest BCUT2D eigenvalue weighted by Gasteiger charge is 2.48. The van der Waals surface area contributed by atoms with Crippen LogP contribution in [0.4, 0.5) is 5.69 Å². The Morgan fingerprint density at radius 3 is 2.67 bits per heavy atom. The number of rotatable bonds is 2. The number of methoxy groups -OCH3 is 1. The minimum Gasteiger partial charge on any atom is -0.469 e. The summed E-state index contributed by atoms with van der Waals surface area (Å²) < 4.78 is 5.15. The van der Waals surface area contributed by atoms with Crippen molar-refractivity contribution in [1.29, 1.82) is 0 Å². The molecule has 1 N–H and O–H groups in total. The zero-order valence-corrected chi connectivity index (χ0v) is 13.0. The molecule has 2 atom stereocenters. The molecule has 0 spiro atoms. The van der Waals surface area contributed by atoms with Gasteiger partial charge in [0.15, 0.2) is 0 Å². The number of hydrogen-bond donors (Lipinski definition) is 1.